The number of benzene rings is 2. The summed E-state index contributed by atoms with van der Waals surface area (Å²) in [7, 11) is 0. The van der Waals surface area contributed by atoms with Crippen LogP contribution >= 0.6 is 11.6 Å². The topological polar surface area (TPSA) is 164 Å². The second-order valence-electron chi connectivity index (χ2n) is 7.63. The number of para-hydroxylation sites is 1. The lowest BCUT2D eigenvalue weighted by Crippen LogP contribution is -2.27. The quantitative estimate of drug-likeness (QED) is 0.322. The van der Waals surface area contributed by atoms with E-state index in [1.807, 2.05) is 37.3 Å². The van der Waals surface area contributed by atoms with Crippen LogP contribution in [0.15, 0.2) is 64.1 Å². The van der Waals surface area contributed by atoms with Gasteiger partial charge >= 0.3 is 0 Å². The summed E-state index contributed by atoms with van der Waals surface area (Å²) < 4.78 is 7.10. The zero-order valence-electron chi connectivity index (χ0n) is 18.5. The zero-order valence-corrected chi connectivity index (χ0v) is 19.3. The van der Waals surface area contributed by atoms with Crippen LogP contribution in [0.5, 0.6) is 0 Å². The number of rotatable bonds is 6. The number of hydrogen-bond acceptors (Lipinski definition) is 10. The molecular weight excluding hydrogens is 470 g/mol. The van der Waals surface area contributed by atoms with Crippen LogP contribution in [-0.2, 0) is 6.54 Å². The first-order valence-electron chi connectivity index (χ1n) is 10.6. The summed E-state index contributed by atoms with van der Waals surface area (Å²) in [6, 6.07) is 13.8. The Morgan fingerprint density at radius 1 is 1.11 bits per heavy atom. The number of nitrogens with zero attached hydrogens (tertiary/aromatic N) is 6. The molecule has 5 N–H and O–H groups in total. The van der Waals surface area contributed by atoms with Crippen molar-refractivity contribution in [2.75, 3.05) is 11.1 Å². The SMILES string of the molecule is C[C@H](Nc1ncnc(N)c1-c1nnc(CN)o1)c1nc2cccc(Cl)c2c(=O)n1-c1ccccc1. The Hall–Kier alpha value is -4.35. The molecule has 0 unspecified atom stereocenters. The van der Waals surface area contributed by atoms with Gasteiger partial charge < -0.3 is 21.2 Å². The van der Waals surface area contributed by atoms with Crippen LogP contribution in [0.25, 0.3) is 28.0 Å². The molecule has 11 nitrogen and oxygen atoms in total. The maximum atomic E-state index is 13.6. The molecule has 0 spiro atoms. The van der Waals surface area contributed by atoms with Crippen molar-refractivity contribution in [2.45, 2.75) is 19.5 Å². The molecule has 0 radical (unpaired) electrons. The van der Waals surface area contributed by atoms with Crippen molar-refractivity contribution in [3.8, 4) is 17.1 Å². The number of nitrogen functional groups attached to an aromatic ring is 1. The largest absolute Gasteiger partial charge is 0.419 e. The minimum absolute atomic E-state index is 0.0761. The number of fused-ring (bicyclic) bond motifs is 1. The summed E-state index contributed by atoms with van der Waals surface area (Å²) in [4.78, 5) is 26.8. The van der Waals surface area contributed by atoms with Crippen LogP contribution in [0.2, 0.25) is 5.02 Å². The molecule has 0 fully saturated rings. The molecule has 12 heteroatoms. The summed E-state index contributed by atoms with van der Waals surface area (Å²) in [5.41, 5.74) is 12.9. The number of anilines is 2. The van der Waals surface area contributed by atoms with E-state index in [-0.39, 0.29) is 29.7 Å². The lowest BCUT2D eigenvalue weighted by molar-refractivity contribution is 0.508. The molecule has 0 aliphatic carbocycles. The molecule has 0 aliphatic rings. The number of hydrogen-bond donors (Lipinski definition) is 3. The lowest BCUT2D eigenvalue weighted by Gasteiger charge is -2.21. The maximum absolute atomic E-state index is 13.6. The molecule has 2 aromatic carbocycles. The second kappa shape index (κ2) is 9.12. The Labute approximate surface area is 203 Å². The molecule has 176 valence electrons. The van der Waals surface area contributed by atoms with Gasteiger partial charge in [-0.3, -0.25) is 9.36 Å². The normalized spacial score (nSPS) is 12.1. The standard InChI is InChI=1S/C23H20ClN9O2/c1-12(29-20-18(19(26)27-11-28-20)22-32-31-16(10-25)35-22)21-30-15-9-5-8-14(24)17(15)23(34)33(21)13-6-3-2-4-7-13/h2-9,11-12H,10,25H2,1H3,(H3,26,27,28,29)/t12-/m0/s1. The van der Waals surface area contributed by atoms with Gasteiger partial charge in [-0.05, 0) is 31.2 Å². The smallest absolute Gasteiger partial charge is 0.267 e. The molecule has 0 bridgehead atoms. The van der Waals surface area contributed by atoms with Gasteiger partial charge in [0.25, 0.3) is 11.4 Å². The Morgan fingerprint density at radius 3 is 2.66 bits per heavy atom. The van der Waals surface area contributed by atoms with Crippen molar-refractivity contribution in [1.82, 2.24) is 29.7 Å². The molecule has 35 heavy (non-hydrogen) atoms. The molecule has 0 aliphatic heterocycles. The van der Waals surface area contributed by atoms with E-state index in [0.29, 0.717) is 38.8 Å². The van der Waals surface area contributed by atoms with E-state index in [4.69, 9.17) is 32.5 Å². The van der Waals surface area contributed by atoms with Gasteiger partial charge in [-0.15, -0.1) is 10.2 Å². The fraction of sp³-hybridized carbons (Fsp3) is 0.130. The van der Waals surface area contributed by atoms with Crippen molar-refractivity contribution in [1.29, 1.82) is 0 Å². The number of halogens is 1. The van der Waals surface area contributed by atoms with Crippen LogP contribution in [0.4, 0.5) is 11.6 Å². The summed E-state index contributed by atoms with van der Waals surface area (Å²) in [6.07, 6.45) is 1.31. The van der Waals surface area contributed by atoms with Crippen molar-refractivity contribution in [3.63, 3.8) is 0 Å². The van der Waals surface area contributed by atoms with E-state index < -0.39 is 6.04 Å². The minimum atomic E-state index is -0.517. The highest BCUT2D eigenvalue weighted by Crippen LogP contribution is 2.32. The van der Waals surface area contributed by atoms with E-state index in [1.165, 1.54) is 10.9 Å². The van der Waals surface area contributed by atoms with Crippen molar-refractivity contribution >= 4 is 34.1 Å². The van der Waals surface area contributed by atoms with Crippen LogP contribution in [0.1, 0.15) is 24.7 Å². The third-order valence-corrected chi connectivity index (χ3v) is 5.67. The van der Waals surface area contributed by atoms with Gasteiger partial charge in [0.1, 0.15) is 29.4 Å². The molecule has 0 amide bonds. The molecule has 3 heterocycles. The van der Waals surface area contributed by atoms with E-state index in [2.05, 4.69) is 25.5 Å². The van der Waals surface area contributed by atoms with Gasteiger partial charge in [-0.25, -0.2) is 15.0 Å². The molecular formula is C23H20ClN9O2. The highest BCUT2D eigenvalue weighted by molar-refractivity contribution is 6.35. The van der Waals surface area contributed by atoms with Crippen molar-refractivity contribution in [3.05, 3.63) is 81.9 Å². The van der Waals surface area contributed by atoms with E-state index in [0.717, 1.165) is 0 Å². The van der Waals surface area contributed by atoms with Gasteiger partial charge in [-0.2, -0.15) is 0 Å². The second-order valence-corrected chi connectivity index (χ2v) is 8.04. The third kappa shape index (κ3) is 4.07. The zero-order chi connectivity index (χ0) is 24.5. The van der Waals surface area contributed by atoms with Gasteiger partial charge in [0.15, 0.2) is 0 Å². The number of nitrogens with one attached hydrogen (secondary N) is 1. The first-order valence-corrected chi connectivity index (χ1v) is 11.0. The first kappa shape index (κ1) is 22.4. The molecule has 5 rings (SSSR count). The van der Waals surface area contributed by atoms with Crippen molar-refractivity contribution < 1.29 is 4.42 Å². The van der Waals surface area contributed by atoms with Crippen LogP contribution in [0.3, 0.4) is 0 Å². The van der Waals surface area contributed by atoms with Crippen molar-refractivity contribution in [2.24, 2.45) is 5.73 Å². The third-order valence-electron chi connectivity index (χ3n) is 5.36. The summed E-state index contributed by atoms with van der Waals surface area (Å²) in [6.45, 7) is 1.92. The summed E-state index contributed by atoms with van der Waals surface area (Å²) >= 11 is 6.37. The molecule has 0 saturated heterocycles. The first-order chi connectivity index (χ1) is 17.0. The number of aromatic nitrogens is 6. The van der Waals surface area contributed by atoms with E-state index in [9.17, 15) is 4.79 Å². The Kier molecular flexibility index (Phi) is 5.85. The van der Waals surface area contributed by atoms with E-state index >= 15 is 0 Å². The minimum Gasteiger partial charge on any atom is -0.419 e. The predicted octanol–water partition coefficient (Wildman–Crippen LogP) is 3.09. The fourth-order valence-corrected chi connectivity index (χ4v) is 4.00. The average Bonchev–Trinajstić information content (AvgIpc) is 3.33. The van der Waals surface area contributed by atoms with Gasteiger partial charge in [0, 0.05) is 0 Å². The van der Waals surface area contributed by atoms with Crippen LogP contribution in [-0.4, -0.2) is 29.7 Å². The highest BCUT2D eigenvalue weighted by atomic mass is 35.5. The Balaban J connectivity index is 1.66. The fourth-order valence-electron chi connectivity index (χ4n) is 3.75. The Morgan fingerprint density at radius 2 is 1.91 bits per heavy atom. The maximum Gasteiger partial charge on any atom is 0.267 e. The molecule has 5 aromatic rings. The summed E-state index contributed by atoms with van der Waals surface area (Å²) in [5.74, 6) is 1.27. The molecule has 3 aromatic heterocycles. The summed E-state index contributed by atoms with van der Waals surface area (Å²) in [5, 5.41) is 11.8. The Bertz CT molecular complexity index is 1580. The molecule has 1 atom stereocenters. The van der Waals surface area contributed by atoms with Gasteiger partial charge in [0.05, 0.1) is 34.2 Å². The average molecular weight is 490 g/mol. The van der Waals surface area contributed by atoms with Gasteiger partial charge in [0.2, 0.25) is 5.89 Å². The predicted molar refractivity (Wildman–Crippen MR) is 132 cm³/mol. The van der Waals surface area contributed by atoms with E-state index in [1.54, 1.807) is 18.2 Å². The van der Waals surface area contributed by atoms with Crippen LogP contribution < -0.4 is 22.3 Å². The lowest BCUT2D eigenvalue weighted by atomic mass is 10.2. The number of nitrogens with two attached hydrogens (primary N) is 2. The van der Waals surface area contributed by atoms with Gasteiger partial charge in [-0.1, -0.05) is 35.9 Å². The monoisotopic (exact) mass is 489 g/mol. The van der Waals surface area contributed by atoms with Crippen LogP contribution in [0, 0.1) is 0 Å². The molecule has 0 saturated carbocycles. The highest BCUT2D eigenvalue weighted by Gasteiger charge is 2.23.